The minimum absolute atomic E-state index is 0.171. The molecule has 11 heavy (non-hydrogen) atoms. The maximum absolute atomic E-state index is 8.63. The molecule has 0 aliphatic rings. The summed E-state index contributed by atoms with van der Waals surface area (Å²) in [5.74, 6) is 0. The highest BCUT2D eigenvalue weighted by Crippen LogP contribution is 1.89. The van der Waals surface area contributed by atoms with Crippen molar-refractivity contribution >= 4 is 11.6 Å². The summed E-state index contributed by atoms with van der Waals surface area (Å²) in [4.78, 5) is 2.03. The van der Waals surface area contributed by atoms with Crippen LogP contribution in [0.15, 0.2) is 24.3 Å². The zero-order valence-electron chi connectivity index (χ0n) is 6.54. The fraction of sp³-hybridized carbons (Fsp3) is 0.500. The maximum atomic E-state index is 8.63. The van der Waals surface area contributed by atoms with Crippen LogP contribution in [-0.2, 0) is 0 Å². The van der Waals surface area contributed by atoms with E-state index >= 15 is 0 Å². The largest absolute Gasteiger partial charge is 0.395 e. The molecule has 0 amide bonds. The SMILES string of the molecule is C=CCN(C/C=C/Cl)CCO. The van der Waals surface area contributed by atoms with Crippen molar-refractivity contribution < 1.29 is 5.11 Å². The Labute approximate surface area is 72.8 Å². The highest BCUT2D eigenvalue weighted by atomic mass is 35.5. The van der Waals surface area contributed by atoms with Crippen LogP contribution in [0.25, 0.3) is 0 Å². The molecule has 0 aromatic heterocycles. The lowest BCUT2D eigenvalue weighted by molar-refractivity contribution is 0.220. The van der Waals surface area contributed by atoms with Crippen LogP contribution in [0.5, 0.6) is 0 Å². The van der Waals surface area contributed by atoms with Gasteiger partial charge in [-0.25, -0.2) is 0 Å². The van der Waals surface area contributed by atoms with Gasteiger partial charge in [-0.15, -0.1) is 6.58 Å². The molecule has 0 heterocycles. The summed E-state index contributed by atoms with van der Waals surface area (Å²) < 4.78 is 0. The van der Waals surface area contributed by atoms with Gasteiger partial charge in [0.1, 0.15) is 0 Å². The summed E-state index contributed by atoms with van der Waals surface area (Å²) in [5.41, 5.74) is 1.48. The molecule has 0 aromatic rings. The molecule has 0 rings (SSSR count). The van der Waals surface area contributed by atoms with E-state index in [4.69, 9.17) is 16.7 Å². The topological polar surface area (TPSA) is 23.5 Å². The van der Waals surface area contributed by atoms with Gasteiger partial charge in [0, 0.05) is 25.2 Å². The second-order valence-electron chi connectivity index (χ2n) is 2.13. The van der Waals surface area contributed by atoms with Gasteiger partial charge in [-0.05, 0) is 0 Å². The van der Waals surface area contributed by atoms with Crippen molar-refractivity contribution in [3.63, 3.8) is 0 Å². The van der Waals surface area contributed by atoms with Crippen LogP contribution >= 0.6 is 11.6 Å². The molecule has 0 saturated heterocycles. The molecule has 0 atom stereocenters. The molecular formula is C8H14ClNO. The van der Waals surface area contributed by atoms with Gasteiger partial charge < -0.3 is 5.11 Å². The monoisotopic (exact) mass is 175 g/mol. The zero-order chi connectivity index (χ0) is 8.53. The Morgan fingerprint density at radius 3 is 2.64 bits per heavy atom. The highest BCUT2D eigenvalue weighted by molar-refractivity contribution is 6.25. The molecule has 3 heteroatoms. The zero-order valence-corrected chi connectivity index (χ0v) is 7.30. The predicted octanol–water partition coefficient (Wildman–Crippen LogP) is 1.22. The van der Waals surface area contributed by atoms with Crippen molar-refractivity contribution in [1.82, 2.24) is 4.90 Å². The third-order valence-electron chi connectivity index (χ3n) is 1.26. The van der Waals surface area contributed by atoms with Gasteiger partial charge in [0.2, 0.25) is 0 Å². The Morgan fingerprint density at radius 2 is 2.18 bits per heavy atom. The number of aliphatic hydroxyl groups excluding tert-OH is 1. The lowest BCUT2D eigenvalue weighted by Gasteiger charge is -2.16. The molecule has 0 radical (unpaired) electrons. The van der Waals surface area contributed by atoms with Crippen molar-refractivity contribution in [3.05, 3.63) is 24.3 Å². The normalized spacial score (nSPS) is 11.2. The summed E-state index contributed by atoms with van der Waals surface area (Å²) in [6, 6.07) is 0. The third-order valence-corrected chi connectivity index (χ3v) is 1.43. The summed E-state index contributed by atoms with van der Waals surface area (Å²) in [5, 5.41) is 8.63. The number of hydrogen-bond donors (Lipinski definition) is 1. The molecule has 1 N–H and O–H groups in total. The fourth-order valence-corrected chi connectivity index (χ4v) is 0.850. The minimum atomic E-state index is 0.171. The van der Waals surface area contributed by atoms with Crippen LogP contribution in [0.1, 0.15) is 0 Å². The van der Waals surface area contributed by atoms with E-state index in [0.717, 1.165) is 13.1 Å². The molecule has 0 bridgehead atoms. The van der Waals surface area contributed by atoms with Crippen LogP contribution in [-0.4, -0.2) is 36.2 Å². The number of hydrogen-bond acceptors (Lipinski definition) is 2. The average molecular weight is 176 g/mol. The van der Waals surface area contributed by atoms with Crippen molar-refractivity contribution in [2.24, 2.45) is 0 Å². The van der Waals surface area contributed by atoms with E-state index in [9.17, 15) is 0 Å². The maximum Gasteiger partial charge on any atom is 0.0558 e. The lowest BCUT2D eigenvalue weighted by Crippen LogP contribution is -2.27. The fourth-order valence-electron chi connectivity index (χ4n) is 0.770. The summed E-state index contributed by atoms with van der Waals surface area (Å²) in [6.07, 6.45) is 3.64. The van der Waals surface area contributed by atoms with E-state index in [-0.39, 0.29) is 6.61 Å². The van der Waals surface area contributed by atoms with Gasteiger partial charge in [-0.3, -0.25) is 4.90 Å². The number of aliphatic hydroxyl groups is 1. The number of nitrogens with zero attached hydrogens (tertiary/aromatic N) is 1. The Hall–Kier alpha value is -0.310. The Morgan fingerprint density at radius 1 is 1.45 bits per heavy atom. The van der Waals surface area contributed by atoms with Gasteiger partial charge in [0.15, 0.2) is 0 Å². The lowest BCUT2D eigenvalue weighted by atomic mass is 10.4. The second-order valence-corrected chi connectivity index (χ2v) is 2.39. The third kappa shape index (κ3) is 6.10. The summed E-state index contributed by atoms with van der Waals surface area (Å²) >= 11 is 5.35. The van der Waals surface area contributed by atoms with E-state index in [1.165, 1.54) is 5.54 Å². The molecule has 0 aliphatic carbocycles. The first-order valence-electron chi connectivity index (χ1n) is 3.54. The Balaban J connectivity index is 3.58. The Kier molecular flexibility index (Phi) is 7.57. The van der Waals surface area contributed by atoms with E-state index in [1.54, 1.807) is 6.08 Å². The van der Waals surface area contributed by atoms with Gasteiger partial charge in [0.25, 0.3) is 0 Å². The van der Waals surface area contributed by atoms with Crippen LogP contribution < -0.4 is 0 Å². The summed E-state index contributed by atoms with van der Waals surface area (Å²) in [7, 11) is 0. The smallest absolute Gasteiger partial charge is 0.0558 e. The molecular weight excluding hydrogens is 162 g/mol. The molecule has 0 spiro atoms. The van der Waals surface area contributed by atoms with Gasteiger partial charge >= 0.3 is 0 Å². The molecule has 2 nitrogen and oxygen atoms in total. The van der Waals surface area contributed by atoms with Crippen molar-refractivity contribution in [2.45, 2.75) is 0 Å². The van der Waals surface area contributed by atoms with Crippen molar-refractivity contribution in [1.29, 1.82) is 0 Å². The van der Waals surface area contributed by atoms with E-state index in [1.807, 2.05) is 11.0 Å². The van der Waals surface area contributed by atoms with E-state index < -0.39 is 0 Å². The van der Waals surface area contributed by atoms with Gasteiger partial charge in [-0.2, -0.15) is 0 Å². The first-order valence-corrected chi connectivity index (χ1v) is 3.98. The van der Waals surface area contributed by atoms with E-state index in [2.05, 4.69) is 6.58 Å². The number of rotatable bonds is 6. The first kappa shape index (κ1) is 10.7. The van der Waals surface area contributed by atoms with E-state index in [0.29, 0.717) is 6.54 Å². The van der Waals surface area contributed by atoms with Crippen LogP contribution in [0, 0.1) is 0 Å². The number of halogens is 1. The molecule has 0 aromatic carbocycles. The van der Waals surface area contributed by atoms with Crippen LogP contribution in [0.4, 0.5) is 0 Å². The molecule has 64 valence electrons. The minimum Gasteiger partial charge on any atom is -0.395 e. The second kappa shape index (κ2) is 7.79. The van der Waals surface area contributed by atoms with Gasteiger partial charge in [-0.1, -0.05) is 23.8 Å². The summed E-state index contributed by atoms with van der Waals surface area (Å²) in [6.45, 7) is 5.98. The standard InChI is InChI=1S/C8H14ClNO/c1-2-5-10(7-8-11)6-3-4-9/h2-4,11H,1,5-8H2/b4-3+. The quantitative estimate of drug-likeness (QED) is 0.614. The molecule has 0 unspecified atom stereocenters. The van der Waals surface area contributed by atoms with Crippen molar-refractivity contribution in [3.8, 4) is 0 Å². The first-order chi connectivity index (χ1) is 5.35. The average Bonchev–Trinajstić information content (AvgIpc) is 2.01. The van der Waals surface area contributed by atoms with Crippen LogP contribution in [0.2, 0.25) is 0 Å². The molecule has 0 aliphatic heterocycles. The van der Waals surface area contributed by atoms with Gasteiger partial charge in [0.05, 0.1) is 6.61 Å². The predicted molar refractivity (Wildman–Crippen MR) is 48.7 cm³/mol. The molecule has 0 saturated carbocycles. The van der Waals surface area contributed by atoms with Crippen molar-refractivity contribution in [2.75, 3.05) is 26.2 Å². The molecule has 0 fully saturated rings. The Bertz CT molecular complexity index is 125. The highest BCUT2D eigenvalue weighted by Gasteiger charge is 1.97. The van der Waals surface area contributed by atoms with Crippen LogP contribution in [0.3, 0.4) is 0 Å².